The zero-order chi connectivity index (χ0) is 17.0. The van der Waals surface area contributed by atoms with E-state index in [2.05, 4.69) is 22.2 Å². The first kappa shape index (κ1) is 17.5. The molecule has 2 rings (SSSR count). The second-order valence-corrected chi connectivity index (χ2v) is 6.48. The van der Waals surface area contributed by atoms with Crippen LogP contribution in [0.4, 0.5) is 5.69 Å². The number of benzene rings is 1. The molecule has 0 spiro atoms. The van der Waals surface area contributed by atoms with Gasteiger partial charge in [-0.25, -0.2) is 9.97 Å². The molecular formula is C18H23N3OS. The fourth-order valence-corrected chi connectivity index (χ4v) is 2.90. The van der Waals surface area contributed by atoms with E-state index in [4.69, 9.17) is 0 Å². The number of nitrogens with one attached hydrogen (secondary N) is 1. The summed E-state index contributed by atoms with van der Waals surface area (Å²) in [5, 5.41) is 3.74. The lowest BCUT2D eigenvalue weighted by Crippen LogP contribution is -2.14. The molecule has 2 aromatic rings. The van der Waals surface area contributed by atoms with Crippen LogP contribution in [0.1, 0.15) is 34.5 Å². The van der Waals surface area contributed by atoms with Gasteiger partial charge in [-0.1, -0.05) is 17.8 Å². The third-order valence-corrected chi connectivity index (χ3v) is 4.52. The molecule has 0 aliphatic rings. The second-order valence-electron chi connectivity index (χ2n) is 5.71. The Labute approximate surface area is 142 Å². The van der Waals surface area contributed by atoms with Crippen molar-refractivity contribution in [3.05, 3.63) is 46.3 Å². The molecule has 0 unspecified atom stereocenters. The average Bonchev–Trinajstić information content (AvgIpc) is 2.50. The van der Waals surface area contributed by atoms with Crippen LogP contribution >= 0.6 is 11.8 Å². The molecule has 0 saturated heterocycles. The molecule has 1 aromatic carbocycles. The molecule has 1 aromatic heterocycles. The maximum atomic E-state index is 12.2. The smallest absolute Gasteiger partial charge is 0.224 e. The standard InChI is InChI=1S/C18H23N3OS/c1-11-6-7-15(10-12(11)2)21-17(22)9-8-16-13(3)19-18(23-5)20-14(16)4/h6-7,10H,8-9H2,1-5H3,(H,21,22). The van der Waals surface area contributed by atoms with Crippen LogP contribution in [0.5, 0.6) is 0 Å². The molecule has 0 saturated carbocycles. The van der Waals surface area contributed by atoms with Gasteiger partial charge in [0.15, 0.2) is 5.16 Å². The van der Waals surface area contributed by atoms with Crippen molar-refractivity contribution in [1.29, 1.82) is 0 Å². The van der Waals surface area contributed by atoms with Gasteiger partial charge in [0.1, 0.15) is 0 Å². The number of aromatic nitrogens is 2. The topological polar surface area (TPSA) is 54.9 Å². The first-order valence-electron chi connectivity index (χ1n) is 7.66. The molecule has 0 bridgehead atoms. The van der Waals surface area contributed by atoms with E-state index in [-0.39, 0.29) is 5.91 Å². The van der Waals surface area contributed by atoms with Crippen LogP contribution in [0, 0.1) is 27.7 Å². The molecule has 23 heavy (non-hydrogen) atoms. The third-order valence-electron chi connectivity index (χ3n) is 3.98. The van der Waals surface area contributed by atoms with Crippen molar-refractivity contribution >= 4 is 23.4 Å². The summed E-state index contributed by atoms with van der Waals surface area (Å²) in [6.45, 7) is 8.06. The van der Waals surface area contributed by atoms with Gasteiger partial charge in [-0.05, 0) is 69.2 Å². The van der Waals surface area contributed by atoms with E-state index >= 15 is 0 Å². The predicted octanol–water partition coefficient (Wildman–Crippen LogP) is 4.00. The lowest BCUT2D eigenvalue weighted by atomic mass is 10.1. The Balaban J connectivity index is 2.00. The number of hydrogen-bond acceptors (Lipinski definition) is 4. The van der Waals surface area contributed by atoms with Crippen LogP contribution in [-0.4, -0.2) is 22.1 Å². The molecule has 1 heterocycles. The summed E-state index contributed by atoms with van der Waals surface area (Å²) in [4.78, 5) is 21.1. The molecule has 1 amide bonds. The fourth-order valence-electron chi connectivity index (χ4n) is 2.44. The number of carbonyl (C=O) groups excluding carboxylic acids is 1. The van der Waals surface area contributed by atoms with Crippen molar-refractivity contribution in [2.45, 2.75) is 45.7 Å². The molecule has 5 heteroatoms. The first-order valence-corrected chi connectivity index (χ1v) is 8.88. The number of hydrogen-bond donors (Lipinski definition) is 1. The highest BCUT2D eigenvalue weighted by molar-refractivity contribution is 7.98. The van der Waals surface area contributed by atoms with E-state index < -0.39 is 0 Å². The van der Waals surface area contributed by atoms with Crippen LogP contribution < -0.4 is 5.32 Å². The summed E-state index contributed by atoms with van der Waals surface area (Å²) in [5.74, 6) is 0.0148. The number of aryl methyl sites for hydroxylation is 4. The molecule has 0 radical (unpaired) electrons. The SMILES string of the molecule is CSc1nc(C)c(CCC(=O)Nc2ccc(C)c(C)c2)c(C)n1. The van der Waals surface area contributed by atoms with Crippen molar-refractivity contribution in [3.8, 4) is 0 Å². The highest BCUT2D eigenvalue weighted by Crippen LogP contribution is 2.18. The Morgan fingerprint density at radius 2 is 1.74 bits per heavy atom. The summed E-state index contributed by atoms with van der Waals surface area (Å²) >= 11 is 1.53. The Morgan fingerprint density at radius 1 is 1.09 bits per heavy atom. The normalized spacial score (nSPS) is 10.7. The predicted molar refractivity (Wildman–Crippen MR) is 96.2 cm³/mol. The monoisotopic (exact) mass is 329 g/mol. The van der Waals surface area contributed by atoms with Crippen molar-refractivity contribution in [2.75, 3.05) is 11.6 Å². The first-order chi connectivity index (χ1) is 10.9. The molecule has 0 aliphatic heterocycles. The molecule has 0 atom stereocenters. The Kier molecular flexibility index (Phi) is 5.77. The van der Waals surface area contributed by atoms with Gasteiger partial charge in [-0.2, -0.15) is 0 Å². The molecule has 0 fully saturated rings. The van der Waals surface area contributed by atoms with Gasteiger partial charge in [0.05, 0.1) is 0 Å². The summed E-state index contributed by atoms with van der Waals surface area (Å²) in [6, 6.07) is 5.96. The van der Waals surface area contributed by atoms with E-state index in [0.29, 0.717) is 12.8 Å². The van der Waals surface area contributed by atoms with Crippen LogP contribution in [0.15, 0.2) is 23.4 Å². The van der Waals surface area contributed by atoms with Gasteiger partial charge in [0.25, 0.3) is 0 Å². The third kappa shape index (κ3) is 4.55. The van der Waals surface area contributed by atoms with Crippen LogP contribution in [0.25, 0.3) is 0 Å². The van der Waals surface area contributed by atoms with E-state index in [1.54, 1.807) is 0 Å². The largest absolute Gasteiger partial charge is 0.326 e. The molecule has 1 N–H and O–H groups in total. The minimum Gasteiger partial charge on any atom is -0.326 e. The van der Waals surface area contributed by atoms with Crippen LogP contribution in [0.3, 0.4) is 0 Å². The maximum Gasteiger partial charge on any atom is 0.224 e. The summed E-state index contributed by atoms with van der Waals surface area (Å²) < 4.78 is 0. The number of anilines is 1. The zero-order valence-corrected chi connectivity index (χ0v) is 15.2. The molecular weight excluding hydrogens is 306 g/mol. The minimum atomic E-state index is 0.0148. The number of amides is 1. The number of thioether (sulfide) groups is 1. The number of nitrogens with zero attached hydrogens (tertiary/aromatic N) is 2. The second kappa shape index (κ2) is 7.59. The summed E-state index contributed by atoms with van der Waals surface area (Å²) in [5.41, 5.74) is 6.23. The van der Waals surface area contributed by atoms with Crippen LogP contribution in [0.2, 0.25) is 0 Å². The fraction of sp³-hybridized carbons (Fsp3) is 0.389. The summed E-state index contributed by atoms with van der Waals surface area (Å²) in [6.07, 6.45) is 3.05. The number of carbonyl (C=O) groups is 1. The van der Waals surface area contributed by atoms with Gasteiger partial charge in [-0.3, -0.25) is 4.79 Å². The minimum absolute atomic E-state index is 0.0148. The van der Waals surface area contributed by atoms with Crippen LogP contribution in [-0.2, 0) is 11.2 Å². The summed E-state index contributed by atoms with van der Waals surface area (Å²) in [7, 11) is 0. The van der Waals surface area contributed by atoms with Gasteiger partial charge in [-0.15, -0.1) is 0 Å². The lowest BCUT2D eigenvalue weighted by molar-refractivity contribution is -0.116. The highest BCUT2D eigenvalue weighted by atomic mass is 32.2. The van der Waals surface area contributed by atoms with E-state index in [1.807, 2.05) is 45.2 Å². The molecule has 4 nitrogen and oxygen atoms in total. The Morgan fingerprint density at radius 3 is 2.30 bits per heavy atom. The highest BCUT2D eigenvalue weighted by Gasteiger charge is 2.11. The quantitative estimate of drug-likeness (QED) is 0.665. The molecule has 0 aliphatic carbocycles. The van der Waals surface area contributed by atoms with Crippen molar-refractivity contribution in [2.24, 2.45) is 0 Å². The Hall–Kier alpha value is -1.88. The van der Waals surface area contributed by atoms with Crippen molar-refractivity contribution in [3.63, 3.8) is 0 Å². The van der Waals surface area contributed by atoms with E-state index in [0.717, 1.165) is 27.8 Å². The van der Waals surface area contributed by atoms with Gasteiger partial charge >= 0.3 is 0 Å². The van der Waals surface area contributed by atoms with E-state index in [1.165, 1.54) is 22.9 Å². The Bertz CT molecular complexity index is 705. The lowest BCUT2D eigenvalue weighted by Gasteiger charge is -2.11. The van der Waals surface area contributed by atoms with Crippen molar-refractivity contribution < 1.29 is 4.79 Å². The number of rotatable bonds is 5. The van der Waals surface area contributed by atoms with Gasteiger partial charge < -0.3 is 5.32 Å². The van der Waals surface area contributed by atoms with E-state index in [9.17, 15) is 4.79 Å². The maximum absolute atomic E-state index is 12.2. The average molecular weight is 329 g/mol. The van der Waals surface area contributed by atoms with Gasteiger partial charge in [0, 0.05) is 23.5 Å². The van der Waals surface area contributed by atoms with Crippen molar-refractivity contribution in [1.82, 2.24) is 9.97 Å². The zero-order valence-electron chi connectivity index (χ0n) is 14.4. The molecule has 122 valence electrons. The van der Waals surface area contributed by atoms with Gasteiger partial charge in [0.2, 0.25) is 5.91 Å².